The Balaban J connectivity index is 1.62. The number of nitrogens with one attached hydrogen (secondary N) is 1. The molecule has 4 aromatic rings. The van der Waals surface area contributed by atoms with E-state index >= 15 is 0 Å². The first-order chi connectivity index (χ1) is 13.7. The van der Waals surface area contributed by atoms with Crippen molar-refractivity contribution in [3.05, 3.63) is 94.9 Å². The van der Waals surface area contributed by atoms with Crippen LogP contribution in [0.3, 0.4) is 0 Å². The molecule has 0 bridgehead atoms. The molecule has 0 fully saturated rings. The molecular weight excluding hydrogens is 375 g/mol. The molecule has 0 aliphatic heterocycles. The van der Waals surface area contributed by atoms with Crippen LogP contribution >= 0.6 is 11.3 Å². The molecule has 0 radical (unpaired) electrons. The van der Waals surface area contributed by atoms with Gasteiger partial charge in [-0.05, 0) is 42.0 Å². The van der Waals surface area contributed by atoms with E-state index in [1.807, 2.05) is 48.5 Å². The molecule has 140 valence electrons. The first-order valence-electron chi connectivity index (χ1n) is 8.77. The highest BCUT2D eigenvalue weighted by Crippen LogP contribution is 2.34. The van der Waals surface area contributed by atoms with Crippen LogP contribution in [0.15, 0.2) is 73.1 Å². The molecule has 2 aromatic carbocycles. The molecule has 0 saturated carbocycles. The van der Waals surface area contributed by atoms with Gasteiger partial charge in [0.05, 0.1) is 4.88 Å². The zero-order valence-electron chi connectivity index (χ0n) is 14.9. The fourth-order valence-corrected chi connectivity index (χ4v) is 4.06. The average molecular weight is 392 g/mol. The minimum Gasteiger partial charge on any atom is -0.489 e. The van der Waals surface area contributed by atoms with Crippen molar-refractivity contribution in [1.82, 2.24) is 10.3 Å². The van der Waals surface area contributed by atoms with Crippen LogP contribution in [0, 0.1) is 5.82 Å². The van der Waals surface area contributed by atoms with E-state index < -0.39 is 0 Å². The van der Waals surface area contributed by atoms with Crippen molar-refractivity contribution < 1.29 is 13.9 Å². The number of rotatable bonds is 6. The topological polar surface area (TPSA) is 51.2 Å². The highest BCUT2D eigenvalue weighted by molar-refractivity contribution is 7.21. The van der Waals surface area contributed by atoms with E-state index in [0.717, 1.165) is 10.3 Å². The maximum absolute atomic E-state index is 14.5. The van der Waals surface area contributed by atoms with Gasteiger partial charge in [-0.15, -0.1) is 11.3 Å². The number of fused-ring (bicyclic) bond motifs is 1. The van der Waals surface area contributed by atoms with E-state index in [-0.39, 0.29) is 18.3 Å². The van der Waals surface area contributed by atoms with Crippen LogP contribution in [0.1, 0.15) is 20.8 Å². The Morgan fingerprint density at radius 1 is 1.04 bits per heavy atom. The van der Waals surface area contributed by atoms with E-state index in [1.165, 1.54) is 17.4 Å². The number of ether oxygens (including phenoxy) is 1. The van der Waals surface area contributed by atoms with Crippen LogP contribution in [0.25, 0.3) is 10.1 Å². The molecule has 2 heterocycles. The molecule has 1 amide bonds. The number of para-hydroxylation sites is 1. The fraction of sp³-hybridized carbons (Fsp3) is 0.0909. The highest BCUT2D eigenvalue weighted by Gasteiger charge is 2.21. The summed E-state index contributed by atoms with van der Waals surface area (Å²) >= 11 is 1.27. The van der Waals surface area contributed by atoms with Crippen molar-refractivity contribution in [2.45, 2.75) is 13.2 Å². The number of benzene rings is 2. The van der Waals surface area contributed by atoms with Gasteiger partial charge in [-0.2, -0.15) is 0 Å². The lowest BCUT2D eigenvalue weighted by molar-refractivity contribution is 0.0953. The van der Waals surface area contributed by atoms with Gasteiger partial charge >= 0.3 is 0 Å². The summed E-state index contributed by atoms with van der Waals surface area (Å²) in [7, 11) is 0. The van der Waals surface area contributed by atoms with Crippen LogP contribution in [-0.4, -0.2) is 10.9 Å². The SMILES string of the molecule is O=C(NCc1ccncc1)c1sc2cccc(F)c2c1COc1ccccc1. The summed E-state index contributed by atoms with van der Waals surface area (Å²) in [5, 5.41) is 3.34. The lowest BCUT2D eigenvalue weighted by atomic mass is 10.1. The van der Waals surface area contributed by atoms with Gasteiger partial charge in [0.25, 0.3) is 5.91 Å². The maximum atomic E-state index is 14.5. The smallest absolute Gasteiger partial charge is 0.262 e. The van der Waals surface area contributed by atoms with Gasteiger partial charge < -0.3 is 10.1 Å². The number of halogens is 1. The molecule has 1 N–H and O–H groups in total. The molecule has 4 nitrogen and oxygen atoms in total. The van der Waals surface area contributed by atoms with Crippen LogP contribution in [-0.2, 0) is 13.2 Å². The zero-order chi connectivity index (χ0) is 19.3. The van der Waals surface area contributed by atoms with E-state index in [9.17, 15) is 9.18 Å². The van der Waals surface area contributed by atoms with Crippen molar-refractivity contribution >= 4 is 27.3 Å². The Hall–Kier alpha value is -3.25. The third kappa shape index (κ3) is 3.87. The summed E-state index contributed by atoms with van der Waals surface area (Å²) in [5.74, 6) is 0.0685. The monoisotopic (exact) mass is 392 g/mol. The fourth-order valence-electron chi connectivity index (χ4n) is 2.92. The summed E-state index contributed by atoms with van der Waals surface area (Å²) in [6.45, 7) is 0.486. The Bertz CT molecular complexity index is 1100. The van der Waals surface area contributed by atoms with Crippen LogP contribution in [0.2, 0.25) is 0 Å². The quantitative estimate of drug-likeness (QED) is 0.505. The normalized spacial score (nSPS) is 10.8. The standard InChI is InChI=1S/C22H17FN2O2S/c23-18-7-4-8-19-20(18)17(14-27-16-5-2-1-3-6-16)21(28-19)22(26)25-13-15-9-11-24-12-10-15/h1-12H,13-14H2,(H,25,26). The minimum atomic E-state index is -0.353. The van der Waals surface area contributed by atoms with Gasteiger partial charge in [-0.25, -0.2) is 4.39 Å². The zero-order valence-corrected chi connectivity index (χ0v) is 15.7. The molecule has 0 saturated heterocycles. The second-order valence-corrected chi connectivity index (χ2v) is 7.21. The van der Waals surface area contributed by atoms with Gasteiger partial charge in [0.15, 0.2) is 0 Å². The van der Waals surface area contributed by atoms with Gasteiger partial charge in [0.1, 0.15) is 18.2 Å². The molecule has 6 heteroatoms. The summed E-state index contributed by atoms with van der Waals surface area (Å²) < 4.78 is 21.1. The number of nitrogens with zero attached hydrogens (tertiary/aromatic N) is 1. The molecule has 0 spiro atoms. The van der Waals surface area contributed by atoms with Crippen molar-refractivity contribution in [3.8, 4) is 5.75 Å². The number of thiophene rings is 1. The molecule has 0 unspecified atom stereocenters. The minimum absolute atomic E-state index is 0.114. The lowest BCUT2D eigenvalue weighted by Gasteiger charge is -2.09. The van der Waals surface area contributed by atoms with Gasteiger partial charge in [-0.3, -0.25) is 9.78 Å². The molecule has 0 atom stereocenters. The molecule has 0 aliphatic rings. The maximum Gasteiger partial charge on any atom is 0.262 e. The average Bonchev–Trinajstić information content (AvgIpc) is 3.12. The Kier molecular flexibility index (Phi) is 5.30. The van der Waals surface area contributed by atoms with E-state index in [2.05, 4.69) is 10.3 Å². The second-order valence-electron chi connectivity index (χ2n) is 6.16. The Morgan fingerprint density at radius 3 is 2.61 bits per heavy atom. The number of hydrogen-bond acceptors (Lipinski definition) is 4. The van der Waals surface area contributed by atoms with Gasteiger partial charge in [-0.1, -0.05) is 24.3 Å². The number of carbonyl (C=O) groups is 1. The van der Waals surface area contributed by atoms with Crippen LogP contribution in [0.4, 0.5) is 4.39 Å². The largest absolute Gasteiger partial charge is 0.489 e. The Morgan fingerprint density at radius 2 is 1.82 bits per heavy atom. The van der Waals surface area contributed by atoms with Crippen LogP contribution in [0.5, 0.6) is 5.75 Å². The second kappa shape index (κ2) is 8.19. The van der Waals surface area contributed by atoms with Crippen molar-refractivity contribution in [2.75, 3.05) is 0 Å². The summed E-state index contributed by atoms with van der Waals surface area (Å²) in [4.78, 5) is 17.3. The third-order valence-corrected chi connectivity index (χ3v) is 5.49. The molecule has 28 heavy (non-hydrogen) atoms. The summed E-state index contributed by atoms with van der Waals surface area (Å²) in [5.41, 5.74) is 1.51. The number of hydrogen-bond donors (Lipinski definition) is 1. The first kappa shape index (κ1) is 18.1. The van der Waals surface area contributed by atoms with E-state index in [1.54, 1.807) is 18.5 Å². The number of carbonyl (C=O) groups excluding carboxylic acids is 1. The first-order valence-corrected chi connectivity index (χ1v) is 9.59. The molecule has 0 aliphatic carbocycles. The lowest BCUT2D eigenvalue weighted by Crippen LogP contribution is -2.23. The van der Waals surface area contributed by atoms with Crippen molar-refractivity contribution in [3.63, 3.8) is 0 Å². The van der Waals surface area contributed by atoms with E-state index in [0.29, 0.717) is 28.1 Å². The highest BCUT2D eigenvalue weighted by atomic mass is 32.1. The molecular formula is C22H17FN2O2S. The summed E-state index contributed by atoms with van der Waals surface area (Å²) in [6, 6.07) is 17.8. The molecule has 4 rings (SSSR count). The predicted molar refractivity (Wildman–Crippen MR) is 108 cm³/mol. The van der Waals surface area contributed by atoms with Crippen LogP contribution < -0.4 is 10.1 Å². The Labute approximate surface area is 165 Å². The predicted octanol–water partition coefficient (Wildman–Crippen LogP) is 4.94. The molecule has 2 aromatic heterocycles. The number of pyridine rings is 1. The van der Waals surface area contributed by atoms with E-state index in [4.69, 9.17) is 4.74 Å². The number of amides is 1. The van der Waals surface area contributed by atoms with Crippen molar-refractivity contribution in [1.29, 1.82) is 0 Å². The van der Waals surface area contributed by atoms with Gasteiger partial charge in [0, 0.05) is 34.6 Å². The van der Waals surface area contributed by atoms with Crippen molar-refractivity contribution in [2.24, 2.45) is 0 Å². The van der Waals surface area contributed by atoms with Gasteiger partial charge in [0.2, 0.25) is 0 Å². The number of aromatic nitrogens is 1. The third-order valence-electron chi connectivity index (χ3n) is 4.30. The summed E-state index contributed by atoms with van der Waals surface area (Å²) in [6.07, 6.45) is 3.35.